The monoisotopic (exact) mass is 464 g/mol. The first-order valence-electron chi connectivity index (χ1n) is 9.60. The predicted molar refractivity (Wildman–Crippen MR) is 111 cm³/mol. The summed E-state index contributed by atoms with van der Waals surface area (Å²) in [7, 11) is -7.98. The van der Waals surface area contributed by atoms with E-state index < -0.39 is 32.0 Å². The van der Waals surface area contributed by atoms with Crippen LogP contribution in [0, 0.1) is 0 Å². The van der Waals surface area contributed by atoms with Crippen molar-refractivity contribution >= 4 is 31.9 Å². The molecule has 31 heavy (non-hydrogen) atoms. The van der Waals surface area contributed by atoms with Gasteiger partial charge in [-0.15, -0.1) is 4.40 Å². The van der Waals surface area contributed by atoms with Crippen molar-refractivity contribution < 1.29 is 31.1 Å². The van der Waals surface area contributed by atoms with E-state index in [9.17, 15) is 21.6 Å². The zero-order valence-electron chi connectivity index (χ0n) is 16.6. The molecule has 0 saturated heterocycles. The van der Waals surface area contributed by atoms with Gasteiger partial charge in [-0.05, 0) is 30.7 Å². The molecule has 164 valence electrons. The Kier molecular flexibility index (Phi) is 5.58. The Bertz CT molecular complexity index is 1270. The van der Waals surface area contributed by atoms with E-state index in [0.717, 1.165) is 4.31 Å². The molecule has 0 saturated carbocycles. The van der Waals surface area contributed by atoms with Crippen LogP contribution in [0.15, 0.2) is 62.7 Å². The van der Waals surface area contributed by atoms with Gasteiger partial charge < -0.3 is 9.47 Å². The zero-order chi connectivity index (χ0) is 22.2. The summed E-state index contributed by atoms with van der Waals surface area (Å²) < 4.78 is 66.1. The number of amides is 1. The van der Waals surface area contributed by atoms with Crippen molar-refractivity contribution in [3.05, 3.63) is 59.7 Å². The molecule has 0 aromatic heterocycles. The standard InChI is InChI=1S/C20H20N2O7S2/c1-2-11-28-12-14(22-20(23)16-8-4-6-10-18(16)31(22,26)27)13-29-19-15-7-3-5-9-17(15)30(24,25)21-19/h3-10,14H,2,11-13H2,1H3/t14-/m1/s1. The molecule has 1 amide bonds. The van der Waals surface area contributed by atoms with Gasteiger partial charge in [-0.2, -0.15) is 8.42 Å². The number of carbonyl (C=O) groups excluding carboxylic acids is 1. The number of sulfonamides is 2. The molecular formula is C20H20N2O7S2. The normalized spacial score (nSPS) is 18.9. The van der Waals surface area contributed by atoms with E-state index >= 15 is 0 Å². The smallest absolute Gasteiger partial charge is 0.286 e. The molecule has 0 bridgehead atoms. The molecule has 0 unspecified atom stereocenters. The van der Waals surface area contributed by atoms with Gasteiger partial charge in [0.05, 0.1) is 17.7 Å². The third-order valence-corrected chi connectivity index (χ3v) is 8.07. The third kappa shape index (κ3) is 3.73. The summed E-state index contributed by atoms with van der Waals surface area (Å²) in [6.45, 7) is 1.84. The molecule has 2 aliphatic rings. The first-order chi connectivity index (χ1) is 14.8. The van der Waals surface area contributed by atoms with Gasteiger partial charge in [-0.1, -0.05) is 31.2 Å². The maximum absolute atomic E-state index is 13.0. The lowest BCUT2D eigenvalue weighted by molar-refractivity contribution is 0.0526. The highest BCUT2D eigenvalue weighted by molar-refractivity contribution is 7.91. The van der Waals surface area contributed by atoms with E-state index in [1.54, 1.807) is 30.3 Å². The summed E-state index contributed by atoms with van der Waals surface area (Å²) in [6, 6.07) is 11.1. The van der Waals surface area contributed by atoms with Gasteiger partial charge in [0.25, 0.3) is 26.0 Å². The van der Waals surface area contributed by atoms with E-state index in [-0.39, 0.29) is 40.0 Å². The second-order valence-electron chi connectivity index (χ2n) is 7.01. The molecule has 2 aliphatic heterocycles. The summed E-state index contributed by atoms with van der Waals surface area (Å²) >= 11 is 0. The van der Waals surface area contributed by atoms with E-state index in [4.69, 9.17) is 9.47 Å². The van der Waals surface area contributed by atoms with Crippen molar-refractivity contribution in [2.75, 3.05) is 19.8 Å². The number of fused-ring (bicyclic) bond motifs is 2. The first-order valence-corrected chi connectivity index (χ1v) is 12.5. The van der Waals surface area contributed by atoms with Crippen LogP contribution in [0.1, 0.15) is 29.3 Å². The highest BCUT2D eigenvalue weighted by Crippen LogP contribution is 2.32. The molecule has 4 rings (SSSR count). The highest BCUT2D eigenvalue weighted by Gasteiger charge is 2.45. The SMILES string of the molecule is CCCOC[C@H](COC1=NS(=O)(=O)c2ccccc21)N1C(=O)c2ccccc2S1(=O)=O. The van der Waals surface area contributed by atoms with Crippen molar-refractivity contribution in [2.24, 2.45) is 4.40 Å². The van der Waals surface area contributed by atoms with Crippen molar-refractivity contribution in [3.8, 4) is 0 Å². The zero-order valence-corrected chi connectivity index (χ0v) is 18.2. The second-order valence-corrected chi connectivity index (χ2v) is 10.4. The minimum Gasteiger partial charge on any atom is -0.474 e. The van der Waals surface area contributed by atoms with Gasteiger partial charge >= 0.3 is 0 Å². The van der Waals surface area contributed by atoms with Crippen molar-refractivity contribution in [2.45, 2.75) is 29.2 Å². The van der Waals surface area contributed by atoms with Gasteiger partial charge in [-0.3, -0.25) is 4.79 Å². The molecule has 2 aromatic carbocycles. The van der Waals surface area contributed by atoms with E-state index in [1.807, 2.05) is 6.92 Å². The lowest BCUT2D eigenvalue weighted by atomic mass is 10.2. The summed E-state index contributed by atoms with van der Waals surface area (Å²) in [5.74, 6) is -0.816. The summed E-state index contributed by atoms with van der Waals surface area (Å²) in [6.07, 6.45) is 0.701. The maximum atomic E-state index is 13.0. The third-order valence-electron chi connectivity index (χ3n) is 4.86. The Hall–Kier alpha value is -2.76. The fraction of sp³-hybridized carbons (Fsp3) is 0.300. The largest absolute Gasteiger partial charge is 0.474 e. The molecule has 11 heteroatoms. The topological polar surface area (TPSA) is 119 Å². The Balaban J connectivity index is 1.63. The number of nitrogens with zero attached hydrogens (tertiary/aromatic N) is 2. The molecule has 0 spiro atoms. The minimum absolute atomic E-state index is 0.0149. The summed E-state index contributed by atoms with van der Waals surface area (Å²) in [4.78, 5) is 12.8. The second kappa shape index (κ2) is 8.06. The molecular weight excluding hydrogens is 444 g/mol. The van der Waals surface area contributed by atoms with Crippen LogP contribution in [0.25, 0.3) is 0 Å². The maximum Gasteiger partial charge on any atom is 0.286 e. The van der Waals surface area contributed by atoms with Crippen LogP contribution in [0.3, 0.4) is 0 Å². The highest BCUT2D eigenvalue weighted by atomic mass is 32.2. The van der Waals surface area contributed by atoms with Crippen molar-refractivity contribution in [3.63, 3.8) is 0 Å². The lowest BCUT2D eigenvalue weighted by Crippen LogP contribution is -2.45. The van der Waals surface area contributed by atoms with Crippen LogP contribution in [-0.2, 0) is 29.5 Å². The van der Waals surface area contributed by atoms with Crippen LogP contribution >= 0.6 is 0 Å². The molecule has 0 radical (unpaired) electrons. The van der Waals surface area contributed by atoms with E-state index in [0.29, 0.717) is 13.0 Å². The lowest BCUT2D eigenvalue weighted by Gasteiger charge is -2.26. The molecule has 0 N–H and O–H groups in total. The number of carbonyl (C=O) groups is 1. The molecule has 0 fully saturated rings. The first kappa shape index (κ1) is 21.5. The minimum atomic E-state index is -4.10. The molecule has 9 nitrogen and oxygen atoms in total. The predicted octanol–water partition coefficient (Wildman–Crippen LogP) is 1.79. The van der Waals surface area contributed by atoms with Crippen LogP contribution in [0.2, 0.25) is 0 Å². The number of hydrogen-bond acceptors (Lipinski definition) is 7. The summed E-state index contributed by atoms with van der Waals surface area (Å²) in [5, 5.41) is 0. The number of ether oxygens (including phenoxy) is 2. The molecule has 0 aliphatic carbocycles. The van der Waals surface area contributed by atoms with Crippen LogP contribution < -0.4 is 0 Å². The molecule has 2 aromatic rings. The van der Waals surface area contributed by atoms with Gasteiger partial charge in [0.1, 0.15) is 22.4 Å². The van der Waals surface area contributed by atoms with E-state index in [1.165, 1.54) is 18.2 Å². The fourth-order valence-electron chi connectivity index (χ4n) is 3.47. The van der Waals surface area contributed by atoms with Gasteiger partial charge in [0, 0.05) is 6.61 Å². The number of rotatable bonds is 7. The Morgan fingerprint density at radius 3 is 2.26 bits per heavy atom. The molecule has 2 heterocycles. The average molecular weight is 465 g/mol. The average Bonchev–Trinajstić information content (AvgIpc) is 3.13. The van der Waals surface area contributed by atoms with Crippen LogP contribution in [0.4, 0.5) is 0 Å². The Labute approximate surface area is 180 Å². The Morgan fingerprint density at radius 2 is 1.58 bits per heavy atom. The molecule has 1 atom stereocenters. The Morgan fingerprint density at radius 1 is 0.935 bits per heavy atom. The number of hydrogen-bond donors (Lipinski definition) is 0. The van der Waals surface area contributed by atoms with Crippen LogP contribution in [0.5, 0.6) is 0 Å². The quantitative estimate of drug-likeness (QED) is 0.573. The number of benzene rings is 2. The van der Waals surface area contributed by atoms with Gasteiger partial charge in [0.2, 0.25) is 5.90 Å². The van der Waals surface area contributed by atoms with Gasteiger partial charge in [0.15, 0.2) is 0 Å². The van der Waals surface area contributed by atoms with Crippen molar-refractivity contribution in [1.29, 1.82) is 0 Å². The van der Waals surface area contributed by atoms with Gasteiger partial charge in [-0.25, -0.2) is 12.7 Å². The van der Waals surface area contributed by atoms with Crippen LogP contribution in [-0.4, -0.2) is 58.8 Å². The summed E-state index contributed by atoms with van der Waals surface area (Å²) in [5.41, 5.74) is 0.365. The fourth-order valence-corrected chi connectivity index (χ4v) is 6.34. The van der Waals surface area contributed by atoms with E-state index in [2.05, 4.69) is 4.40 Å². The van der Waals surface area contributed by atoms with Crippen molar-refractivity contribution in [1.82, 2.24) is 4.31 Å².